The maximum atomic E-state index is 12.8. The molecule has 1 amide bonds. The Morgan fingerprint density at radius 3 is 2.14 bits per heavy atom. The van der Waals surface area contributed by atoms with Gasteiger partial charge in [-0.05, 0) is 36.4 Å². The van der Waals surface area contributed by atoms with E-state index in [1.165, 1.54) is 23.5 Å². The van der Waals surface area contributed by atoms with Crippen molar-refractivity contribution in [1.29, 1.82) is 0 Å². The van der Waals surface area contributed by atoms with Gasteiger partial charge in [-0.1, -0.05) is 29.3 Å². The Balaban J connectivity index is 1.57. The summed E-state index contributed by atoms with van der Waals surface area (Å²) in [5.41, 5.74) is 0. The van der Waals surface area contributed by atoms with E-state index in [2.05, 4.69) is 0 Å². The molecule has 0 aliphatic carbocycles. The summed E-state index contributed by atoms with van der Waals surface area (Å²) in [7, 11) is -2.11. The Bertz CT molecular complexity index is 954. The van der Waals surface area contributed by atoms with Crippen molar-refractivity contribution in [2.45, 2.75) is 4.90 Å². The monoisotopic (exact) mass is 458 g/mol. The number of carbonyl (C=O) groups excluding carboxylic acids is 1. The molecule has 29 heavy (non-hydrogen) atoms. The van der Waals surface area contributed by atoms with Gasteiger partial charge >= 0.3 is 0 Å². The fraction of sp³-hybridized carbons (Fsp3) is 0.316. The summed E-state index contributed by atoms with van der Waals surface area (Å²) in [4.78, 5) is 14.2. The highest BCUT2D eigenvalue weighted by molar-refractivity contribution is 7.89. The third-order valence-corrected chi connectivity index (χ3v) is 7.06. The molecule has 0 saturated carbocycles. The van der Waals surface area contributed by atoms with Crippen molar-refractivity contribution in [2.24, 2.45) is 0 Å². The first-order valence-electron chi connectivity index (χ1n) is 8.81. The van der Waals surface area contributed by atoms with Gasteiger partial charge in [-0.25, -0.2) is 8.42 Å². The number of benzene rings is 2. The number of carbonyl (C=O) groups is 1. The molecule has 0 bridgehead atoms. The number of amides is 1. The van der Waals surface area contributed by atoms with Crippen LogP contribution in [0.25, 0.3) is 0 Å². The normalized spacial score (nSPS) is 15.2. The fourth-order valence-corrected chi connectivity index (χ4v) is 4.85. The molecule has 0 spiro atoms. The third kappa shape index (κ3) is 4.95. The molecule has 156 valence electrons. The molecule has 3 rings (SSSR count). The van der Waals surface area contributed by atoms with Gasteiger partial charge in [-0.15, -0.1) is 0 Å². The fourth-order valence-electron chi connectivity index (χ4n) is 2.92. The van der Waals surface area contributed by atoms with Crippen LogP contribution in [0, 0.1) is 0 Å². The molecule has 0 unspecified atom stereocenters. The number of para-hydroxylation sites is 1. The SMILES string of the molecule is COc1ccc(S(=O)(=O)N2CCN(C(=O)COc3c(Cl)cccc3Cl)CC2)cc1. The lowest BCUT2D eigenvalue weighted by Gasteiger charge is -2.34. The Hall–Kier alpha value is -2.00. The Morgan fingerprint density at radius 2 is 1.59 bits per heavy atom. The number of hydrogen-bond acceptors (Lipinski definition) is 5. The predicted octanol–water partition coefficient (Wildman–Crippen LogP) is 2.91. The largest absolute Gasteiger partial charge is 0.497 e. The van der Waals surface area contributed by atoms with Gasteiger partial charge in [0, 0.05) is 26.2 Å². The quantitative estimate of drug-likeness (QED) is 0.664. The van der Waals surface area contributed by atoms with E-state index < -0.39 is 10.0 Å². The summed E-state index contributed by atoms with van der Waals surface area (Å²) in [6, 6.07) is 11.1. The summed E-state index contributed by atoms with van der Waals surface area (Å²) >= 11 is 12.1. The molecular weight excluding hydrogens is 439 g/mol. The summed E-state index contributed by atoms with van der Waals surface area (Å²) in [5.74, 6) is 0.574. The van der Waals surface area contributed by atoms with Crippen LogP contribution in [0.4, 0.5) is 0 Å². The van der Waals surface area contributed by atoms with Gasteiger partial charge in [0.15, 0.2) is 12.4 Å². The van der Waals surface area contributed by atoms with Crippen LogP contribution in [0.1, 0.15) is 0 Å². The number of ether oxygens (including phenoxy) is 2. The highest BCUT2D eigenvalue weighted by Crippen LogP contribution is 2.32. The predicted molar refractivity (Wildman–Crippen MR) is 110 cm³/mol. The zero-order valence-corrected chi connectivity index (χ0v) is 18.0. The van der Waals surface area contributed by atoms with Crippen molar-refractivity contribution in [2.75, 3.05) is 39.9 Å². The second kappa shape index (κ2) is 9.21. The molecule has 2 aromatic rings. The number of rotatable bonds is 6. The van der Waals surface area contributed by atoms with Crippen molar-refractivity contribution in [1.82, 2.24) is 9.21 Å². The number of halogens is 2. The number of piperazine rings is 1. The second-order valence-corrected chi connectivity index (χ2v) is 9.05. The number of hydrogen-bond donors (Lipinski definition) is 0. The molecular formula is C19H20Cl2N2O5S. The molecule has 0 N–H and O–H groups in total. The van der Waals surface area contributed by atoms with E-state index in [-0.39, 0.29) is 49.3 Å². The van der Waals surface area contributed by atoms with Crippen LogP contribution in [0.3, 0.4) is 0 Å². The van der Waals surface area contributed by atoms with E-state index in [4.69, 9.17) is 32.7 Å². The van der Waals surface area contributed by atoms with E-state index in [1.807, 2.05) is 0 Å². The van der Waals surface area contributed by atoms with Crippen molar-refractivity contribution in [3.63, 3.8) is 0 Å². The van der Waals surface area contributed by atoms with E-state index >= 15 is 0 Å². The Kier molecular flexibility index (Phi) is 6.89. The first-order valence-corrected chi connectivity index (χ1v) is 11.0. The lowest BCUT2D eigenvalue weighted by molar-refractivity contribution is -0.134. The summed E-state index contributed by atoms with van der Waals surface area (Å²) in [6.45, 7) is 0.719. The van der Waals surface area contributed by atoms with Gasteiger partial charge in [-0.3, -0.25) is 4.79 Å². The Morgan fingerprint density at radius 1 is 1.00 bits per heavy atom. The van der Waals surface area contributed by atoms with Gasteiger partial charge in [0.1, 0.15) is 5.75 Å². The number of sulfonamides is 1. The van der Waals surface area contributed by atoms with Gasteiger partial charge in [0.05, 0.1) is 22.1 Å². The third-order valence-electron chi connectivity index (χ3n) is 4.55. The minimum atomic E-state index is -3.63. The molecule has 1 aliphatic heterocycles. The molecule has 1 fully saturated rings. The second-order valence-electron chi connectivity index (χ2n) is 6.30. The molecule has 1 saturated heterocycles. The first-order chi connectivity index (χ1) is 13.8. The van der Waals surface area contributed by atoms with Crippen LogP contribution < -0.4 is 9.47 Å². The van der Waals surface area contributed by atoms with Crippen molar-refractivity contribution < 1.29 is 22.7 Å². The van der Waals surface area contributed by atoms with Gasteiger partial charge in [0.25, 0.3) is 5.91 Å². The molecule has 0 radical (unpaired) electrons. The highest BCUT2D eigenvalue weighted by atomic mass is 35.5. The summed E-state index contributed by atoms with van der Waals surface area (Å²) < 4.78 is 37.4. The molecule has 0 aromatic heterocycles. The molecule has 10 heteroatoms. The van der Waals surface area contributed by atoms with Gasteiger partial charge in [-0.2, -0.15) is 4.31 Å². The molecule has 2 aromatic carbocycles. The standard InChI is InChI=1S/C19H20Cl2N2O5S/c1-27-14-5-7-15(8-6-14)29(25,26)23-11-9-22(10-12-23)18(24)13-28-19-16(20)3-2-4-17(19)21/h2-8H,9-13H2,1H3. The number of nitrogens with zero attached hydrogens (tertiary/aromatic N) is 2. The molecule has 1 aliphatic rings. The minimum absolute atomic E-state index is 0.190. The average molecular weight is 459 g/mol. The van der Waals surface area contributed by atoms with Gasteiger partial charge in [0.2, 0.25) is 10.0 Å². The average Bonchev–Trinajstić information content (AvgIpc) is 2.73. The van der Waals surface area contributed by atoms with E-state index in [1.54, 1.807) is 35.2 Å². The molecule has 0 atom stereocenters. The Labute approximate surface area is 179 Å². The topological polar surface area (TPSA) is 76.2 Å². The molecule has 1 heterocycles. The lowest BCUT2D eigenvalue weighted by atomic mass is 10.3. The molecule has 7 nitrogen and oxygen atoms in total. The van der Waals surface area contributed by atoms with Gasteiger partial charge < -0.3 is 14.4 Å². The lowest BCUT2D eigenvalue weighted by Crippen LogP contribution is -2.51. The van der Waals surface area contributed by atoms with E-state index in [0.29, 0.717) is 15.8 Å². The van der Waals surface area contributed by atoms with E-state index in [0.717, 1.165) is 0 Å². The summed E-state index contributed by atoms with van der Waals surface area (Å²) in [5, 5.41) is 0.640. The van der Waals surface area contributed by atoms with Crippen LogP contribution in [-0.2, 0) is 14.8 Å². The van der Waals surface area contributed by atoms with Crippen molar-refractivity contribution in [3.05, 3.63) is 52.5 Å². The highest BCUT2D eigenvalue weighted by Gasteiger charge is 2.30. The minimum Gasteiger partial charge on any atom is -0.497 e. The van der Waals surface area contributed by atoms with Crippen LogP contribution in [0.2, 0.25) is 10.0 Å². The van der Waals surface area contributed by atoms with E-state index in [9.17, 15) is 13.2 Å². The maximum Gasteiger partial charge on any atom is 0.260 e. The zero-order chi connectivity index (χ0) is 21.0. The maximum absolute atomic E-state index is 12.8. The first kappa shape index (κ1) is 21.7. The van der Waals surface area contributed by atoms with Crippen LogP contribution in [-0.4, -0.2) is 63.4 Å². The zero-order valence-electron chi connectivity index (χ0n) is 15.7. The summed E-state index contributed by atoms with van der Waals surface area (Å²) in [6.07, 6.45) is 0. The van der Waals surface area contributed by atoms with Crippen LogP contribution >= 0.6 is 23.2 Å². The van der Waals surface area contributed by atoms with Crippen molar-refractivity contribution in [3.8, 4) is 11.5 Å². The van der Waals surface area contributed by atoms with Crippen LogP contribution in [0.5, 0.6) is 11.5 Å². The smallest absolute Gasteiger partial charge is 0.260 e. The van der Waals surface area contributed by atoms with Crippen molar-refractivity contribution >= 4 is 39.1 Å². The number of methoxy groups -OCH3 is 1. The van der Waals surface area contributed by atoms with Crippen LogP contribution in [0.15, 0.2) is 47.4 Å².